The third-order valence-corrected chi connectivity index (χ3v) is 5.59. The molecule has 1 saturated heterocycles. The van der Waals surface area contributed by atoms with Gasteiger partial charge in [0, 0.05) is 31.7 Å². The van der Waals surface area contributed by atoms with Crippen molar-refractivity contribution in [2.45, 2.75) is 51.9 Å². The lowest BCUT2D eigenvalue weighted by Crippen LogP contribution is -2.51. The molecule has 0 amide bonds. The van der Waals surface area contributed by atoms with Crippen molar-refractivity contribution >= 4 is 5.96 Å². The number of hydrogen-bond donors (Lipinski definition) is 3. The molecule has 0 aliphatic carbocycles. The van der Waals surface area contributed by atoms with Crippen LogP contribution in [-0.2, 0) is 13.1 Å². The average molecular weight is 422 g/mol. The first kappa shape index (κ1) is 21.1. The second-order valence-electron chi connectivity index (χ2n) is 7.95. The van der Waals surface area contributed by atoms with Gasteiger partial charge in [-0.3, -0.25) is 10.00 Å². The predicted octanol–water partition coefficient (Wildman–Crippen LogP) is 3.17. The molecule has 31 heavy (non-hydrogen) atoms. The number of nitrogens with zero attached hydrogens (tertiary/aromatic N) is 4. The summed E-state index contributed by atoms with van der Waals surface area (Å²) in [6, 6.07) is 15.3. The van der Waals surface area contributed by atoms with E-state index in [9.17, 15) is 0 Å². The minimum absolute atomic E-state index is 0.397. The van der Waals surface area contributed by atoms with Crippen molar-refractivity contribution < 1.29 is 4.42 Å². The zero-order valence-electron chi connectivity index (χ0n) is 18.2. The number of aromatic nitrogens is 3. The highest BCUT2D eigenvalue weighted by molar-refractivity contribution is 5.80. The molecule has 2 aromatic heterocycles. The summed E-state index contributed by atoms with van der Waals surface area (Å²) in [5, 5.41) is 14.1. The highest BCUT2D eigenvalue weighted by Crippen LogP contribution is 2.20. The van der Waals surface area contributed by atoms with Gasteiger partial charge in [-0.2, -0.15) is 0 Å². The van der Waals surface area contributed by atoms with Crippen molar-refractivity contribution in [3.63, 3.8) is 0 Å². The van der Waals surface area contributed by atoms with Crippen LogP contribution in [0.2, 0.25) is 0 Å². The molecule has 164 valence electrons. The Morgan fingerprint density at radius 3 is 2.87 bits per heavy atom. The number of piperidine rings is 1. The van der Waals surface area contributed by atoms with Gasteiger partial charge in [0.2, 0.25) is 5.82 Å². The maximum Gasteiger partial charge on any atom is 0.216 e. The van der Waals surface area contributed by atoms with Crippen molar-refractivity contribution in [2.75, 3.05) is 13.1 Å². The van der Waals surface area contributed by atoms with Gasteiger partial charge in [0.15, 0.2) is 11.7 Å². The van der Waals surface area contributed by atoms with E-state index in [1.165, 1.54) is 5.56 Å². The molecule has 2 atom stereocenters. The molecule has 0 saturated carbocycles. The summed E-state index contributed by atoms with van der Waals surface area (Å²) in [4.78, 5) is 11.7. The highest BCUT2D eigenvalue weighted by Gasteiger charge is 2.26. The summed E-state index contributed by atoms with van der Waals surface area (Å²) in [5.74, 6) is 2.71. The molecular weight excluding hydrogens is 390 g/mol. The Balaban J connectivity index is 1.32. The van der Waals surface area contributed by atoms with Crippen LogP contribution in [0.25, 0.3) is 11.6 Å². The van der Waals surface area contributed by atoms with Crippen LogP contribution in [0, 0.1) is 0 Å². The second kappa shape index (κ2) is 10.3. The van der Waals surface area contributed by atoms with Crippen LogP contribution in [0.1, 0.15) is 38.1 Å². The summed E-state index contributed by atoms with van der Waals surface area (Å²) < 4.78 is 5.34. The fourth-order valence-corrected chi connectivity index (χ4v) is 3.95. The Bertz CT molecular complexity index is 951. The van der Waals surface area contributed by atoms with Crippen LogP contribution in [0.5, 0.6) is 0 Å². The van der Waals surface area contributed by atoms with Gasteiger partial charge in [-0.05, 0) is 44.4 Å². The third-order valence-electron chi connectivity index (χ3n) is 5.59. The number of aromatic amines is 1. The number of guanidine groups is 1. The molecule has 0 bridgehead atoms. The first-order valence-corrected chi connectivity index (χ1v) is 11.0. The van der Waals surface area contributed by atoms with Gasteiger partial charge < -0.3 is 15.1 Å². The summed E-state index contributed by atoms with van der Waals surface area (Å²) in [5.41, 5.74) is 1.37. The van der Waals surface area contributed by atoms with Crippen molar-refractivity contribution in [2.24, 2.45) is 4.99 Å². The van der Waals surface area contributed by atoms with E-state index in [0.29, 0.717) is 36.0 Å². The van der Waals surface area contributed by atoms with E-state index < -0.39 is 0 Å². The normalized spacial score (nSPS) is 20.0. The SMILES string of the molecule is CCNC(=NCc1nc(-c2ccco2)n[nH]1)NC1CCN(Cc2ccccc2)C(C)C1. The largest absolute Gasteiger partial charge is 0.461 e. The fraction of sp³-hybridized carbons (Fsp3) is 0.435. The molecule has 8 heteroatoms. The van der Waals surface area contributed by atoms with Gasteiger partial charge in [-0.15, -0.1) is 5.10 Å². The predicted molar refractivity (Wildman–Crippen MR) is 121 cm³/mol. The number of aliphatic imine (C=N–C) groups is 1. The van der Waals surface area contributed by atoms with Gasteiger partial charge in [0.05, 0.1) is 6.26 Å². The van der Waals surface area contributed by atoms with Crippen LogP contribution in [0.15, 0.2) is 58.1 Å². The van der Waals surface area contributed by atoms with Crippen LogP contribution < -0.4 is 10.6 Å². The van der Waals surface area contributed by atoms with Crippen molar-refractivity contribution in [1.82, 2.24) is 30.7 Å². The number of nitrogens with one attached hydrogen (secondary N) is 3. The lowest BCUT2D eigenvalue weighted by molar-refractivity contribution is 0.134. The number of rotatable bonds is 7. The van der Waals surface area contributed by atoms with E-state index in [2.05, 4.69) is 74.9 Å². The number of likely N-dealkylation sites (tertiary alicyclic amines) is 1. The molecule has 1 aromatic carbocycles. The smallest absolute Gasteiger partial charge is 0.216 e. The molecule has 2 unspecified atom stereocenters. The van der Waals surface area contributed by atoms with E-state index in [1.54, 1.807) is 6.26 Å². The Morgan fingerprint density at radius 2 is 2.13 bits per heavy atom. The van der Waals surface area contributed by atoms with E-state index in [4.69, 9.17) is 9.41 Å². The standard InChI is InChI=1S/C23H31N7O/c1-3-24-23(25-15-21-27-22(29-28-21)20-10-7-13-31-20)26-19-11-12-30(17(2)14-19)16-18-8-5-4-6-9-18/h4-10,13,17,19H,3,11-12,14-16H2,1-2H3,(H2,24,25,26)(H,27,28,29). The Hall–Kier alpha value is -3.13. The molecule has 3 heterocycles. The summed E-state index contributed by atoms with van der Waals surface area (Å²) in [7, 11) is 0. The number of benzene rings is 1. The van der Waals surface area contributed by atoms with Crippen LogP contribution in [0.3, 0.4) is 0 Å². The van der Waals surface area contributed by atoms with E-state index in [1.807, 2.05) is 12.1 Å². The monoisotopic (exact) mass is 421 g/mol. The lowest BCUT2D eigenvalue weighted by Gasteiger charge is -2.38. The Morgan fingerprint density at radius 1 is 1.26 bits per heavy atom. The topological polar surface area (TPSA) is 94.4 Å². The average Bonchev–Trinajstić information content (AvgIpc) is 3.47. The first-order valence-electron chi connectivity index (χ1n) is 11.0. The van der Waals surface area contributed by atoms with Crippen molar-refractivity contribution in [3.8, 4) is 11.6 Å². The van der Waals surface area contributed by atoms with E-state index in [0.717, 1.165) is 38.4 Å². The van der Waals surface area contributed by atoms with Gasteiger partial charge >= 0.3 is 0 Å². The number of hydrogen-bond acceptors (Lipinski definition) is 5. The number of furan rings is 1. The lowest BCUT2D eigenvalue weighted by atomic mass is 9.97. The van der Waals surface area contributed by atoms with Crippen LogP contribution in [0.4, 0.5) is 0 Å². The summed E-state index contributed by atoms with van der Waals surface area (Å²) in [6.45, 7) is 7.69. The second-order valence-corrected chi connectivity index (χ2v) is 7.95. The molecule has 0 radical (unpaired) electrons. The van der Waals surface area contributed by atoms with Gasteiger partial charge in [-0.25, -0.2) is 9.98 Å². The summed E-state index contributed by atoms with van der Waals surface area (Å²) >= 11 is 0. The van der Waals surface area contributed by atoms with Crippen molar-refractivity contribution in [1.29, 1.82) is 0 Å². The molecule has 1 aliphatic rings. The zero-order valence-corrected chi connectivity index (χ0v) is 18.2. The van der Waals surface area contributed by atoms with E-state index in [-0.39, 0.29) is 0 Å². The number of H-pyrrole nitrogens is 1. The van der Waals surface area contributed by atoms with Gasteiger partial charge in [-0.1, -0.05) is 30.3 Å². The molecule has 1 aliphatic heterocycles. The Labute approximate surface area is 183 Å². The minimum Gasteiger partial charge on any atom is -0.461 e. The molecule has 3 N–H and O–H groups in total. The highest BCUT2D eigenvalue weighted by atomic mass is 16.3. The zero-order chi connectivity index (χ0) is 21.5. The van der Waals surface area contributed by atoms with Crippen LogP contribution in [-0.4, -0.2) is 51.2 Å². The molecule has 0 spiro atoms. The molecule has 8 nitrogen and oxygen atoms in total. The van der Waals surface area contributed by atoms with Gasteiger partial charge in [0.25, 0.3) is 0 Å². The third kappa shape index (κ3) is 5.73. The van der Waals surface area contributed by atoms with Crippen molar-refractivity contribution in [3.05, 3.63) is 60.1 Å². The molecule has 3 aromatic rings. The molecule has 4 rings (SSSR count). The molecular formula is C23H31N7O. The Kier molecular flexibility index (Phi) is 6.99. The van der Waals surface area contributed by atoms with Gasteiger partial charge in [0.1, 0.15) is 12.4 Å². The maximum atomic E-state index is 5.34. The molecule has 1 fully saturated rings. The quantitative estimate of drug-likeness (QED) is 0.401. The first-order chi connectivity index (χ1) is 15.2. The minimum atomic E-state index is 0.397. The maximum absolute atomic E-state index is 5.34. The fourth-order valence-electron chi connectivity index (χ4n) is 3.95. The van der Waals surface area contributed by atoms with E-state index >= 15 is 0 Å². The van der Waals surface area contributed by atoms with Crippen LogP contribution >= 0.6 is 0 Å². The summed E-state index contributed by atoms with van der Waals surface area (Å²) in [6.07, 6.45) is 3.79.